The number of benzene rings is 1. The first kappa shape index (κ1) is 9.00. The highest BCUT2D eigenvalue weighted by atomic mass is 16.1. The number of para-hydroxylation sites is 1. The fraction of sp³-hybridized carbons (Fsp3) is 0.250. The number of rotatable bonds is 4. The van der Waals surface area contributed by atoms with Crippen LogP contribution in [0.25, 0.3) is 10.9 Å². The number of hydrogen-bond donors (Lipinski definition) is 1. The summed E-state index contributed by atoms with van der Waals surface area (Å²) in [6.45, 7) is 0. The number of aromatic amines is 1. The number of hydrogen-bond acceptors (Lipinski definition) is 1. The van der Waals surface area contributed by atoms with Crippen molar-refractivity contribution in [3.05, 3.63) is 36.0 Å². The topological polar surface area (TPSA) is 32.9 Å². The second-order valence-corrected chi connectivity index (χ2v) is 3.38. The van der Waals surface area contributed by atoms with E-state index in [1.54, 1.807) is 0 Å². The SMILES string of the molecule is O=[C]CCCc1cc2ccccc2[nH]1. The molecule has 0 aliphatic rings. The zero-order valence-corrected chi connectivity index (χ0v) is 7.92. The van der Waals surface area contributed by atoms with Gasteiger partial charge in [-0.3, -0.25) is 4.79 Å². The van der Waals surface area contributed by atoms with E-state index in [2.05, 4.69) is 23.2 Å². The maximum absolute atomic E-state index is 10.0. The number of aromatic nitrogens is 1. The highest BCUT2D eigenvalue weighted by Gasteiger charge is 1.98. The Morgan fingerprint density at radius 2 is 2.14 bits per heavy atom. The summed E-state index contributed by atoms with van der Waals surface area (Å²) in [4.78, 5) is 13.4. The molecule has 2 heteroatoms. The van der Waals surface area contributed by atoms with Crippen LogP contribution >= 0.6 is 0 Å². The van der Waals surface area contributed by atoms with E-state index in [4.69, 9.17) is 0 Å². The second kappa shape index (κ2) is 4.09. The predicted octanol–water partition coefficient (Wildman–Crippen LogP) is 2.60. The Morgan fingerprint density at radius 3 is 2.93 bits per heavy atom. The summed E-state index contributed by atoms with van der Waals surface area (Å²) in [5, 5.41) is 1.23. The summed E-state index contributed by atoms with van der Waals surface area (Å²) in [5.41, 5.74) is 2.36. The second-order valence-electron chi connectivity index (χ2n) is 3.38. The minimum Gasteiger partial charge on any atom is -0.358 e. The average Bonchev–Trinajstić information content (AvgIpc) is 2.60. The zero-order chi connectivity index (χ0) is 9.80. The van der Waals surface area contributed by atoms with Crippen LogP contribution in [0.5, 0.6) is 0 Å². The zero-order valence-electron chi connectivity index (χ0n) is 7.92. The molecule has 2 nitrogen and oxygen atoms in total. The largest absolute Gasteiger partial charge is 0.358 e. The molecule has 0 amide bonds. The van der Waals surface area contributed by atoms with E-state index in [0.29, 0.717) is 6.42 Å². The molecule has 1 radical (unpaired) electrons. The number of unbranched alkanes of at least 4 members (excludes halogenated alkanes) is 1. The summed E-state index contributed by atoms with van der Waals surface area (Å²) >= 11 is 0. The summed E-state index contributed by atoms with van der Waals surface area (Å²) in [6, 6.07) is 10.3. The molecule has 0 spiro atoms. The van der Waals surface area contributed by atoms with Gasteiger partial charge in [-0.15, -0.1) is 0 Å². The Hall–Kier alpha value is -1.57. The lowest BCUT2D eigenvalue weighted by molar-refractivity contribution is 0.548. The molecule has 0 saturated carbocycles. The Morgan fingerprint density at radius 1 is 1.29 bits per heavy atom. The number of fused-ring (bicyclic) bond motifs is 1. The van der Waals surface area contributed by atoms with Crippen LogP contribution in [0.15, 0.2) is 30.3 Å². The van der Waals surface area contributed by atoms with Crippen molar-refractivity contribution in [1.29, 1.82) is 0 Å². The highest BCUT2D eigenvalue weighted by molar-refractivity contribution is 5.80. The van der Waals surface area contributed by atoms with Crippen molar-refractivity contribution in [2.24, 2.45) is 0 Å². The molecule has 1 N–H and O–H groups in total. The quantitative estimate of drug-likeness (QED) is 0.731. The van der Waals surface area contributed by atoms with Crippen LogP contribution < -0.4 is 0 Å². The van der Waals surface area contributed by atoms with E-state index in [-0.39, 0.29) is 0 Å². The van der Waals surface area contributed by atoms with E-state index in [1.807, 2.05) is 18.4 Å². The third-order valence-electron chi connectivity index (χ3n) is 2.31. The van der Waals surface area contributed by atoms with Crippen LogP contribution in [-0.4, -0.2) is 11.3 Å². The molecule has 0 bridgehead atoms. The molecule has 71 valence electrons. The lowest BCUT2D eigenvalue weighted by Crippen LogP contribution is -1.85. The van der Waals surface area contributed by atoms with Crippen LogP contribution in [-0.2, 0) is 11.2 Å². The third-order valence-corrected chi connectivity index (χ3v) is 2.31. The first-order valence-corrected chi connectivity index (χ1v) is 4.82. The maximum atomic E-state index is 10.0. The molecule has 0 atom stereocenters. The van der Waals surface area contributed by atoms with Gasteiger partial charge in [0.1, 0.15) is 0 Å². The van der Waals surface area contributed by atoms with E-state index >= 15 is 0 Å². The standard InChI is InChI=1S/C12H12NO/c14-8-4-3-6-11-9-10-5-1-2-7-12(10)13-11/h1-2,5,7,9,13H,3-4,6H2. The molecule has 2 aromatic rings. The molecule has 1 heterocycles. The monoisotopic (exact) mass is 186 g/mol. The molecule has 1 aromatic carbocycles. The minimum absolute atomic E-state index is 0.523. The van der Waals surface area contributed by atoms with Gasteiger partial charge < -0.3 is 4.98 Å². The molecule has 0 aliphatic carbocycles. The third kappa shape index (κ3) is 1.84. The van der Waals surface area contributed by atoms with E-state index < -0.39 is 0 Å². The Kier molecular flexibility index (Phi) is 2.63. The Balaban J connectivity index is 2.14. The minimum atomic E-state index is 0.523. The van der Waals surface area contributed by atoms with Crippen LogP contribution in [0, 0.1) is 0 Å². The molecular formula is C12H12NO. The Labute approximate surface area is 82.9 Å². The van der Waals surface area contributed by atoms with Gasteiger partial charge in [0.25, 0.3) is 0 Å². The smallest absolute Gasteiger partial charge is 0.198 e. The number of nitrogens with one attached hydrogen (secondary N) is 1. The summed E-state index contributed by atoms with van der Waals surface area (Å²) < 4.78 is 0. The van der Waals surface area contributed by atoms with Gasteiger partial charge in [-0.1, -0.05) is 18.2 Å². The van der Waals surface area contributed by atoms with Gasteiger partial charge in [-0.2, -0.15) is 0 Å². The molecule has 0 aliphatic heterocycles. The maximum Gasteiger partial charge on any atom is 0.198 e. The van der Waals surface area contributed by atoms with Gasteiger partial charge in [0.05, 0.1) is 0 Å². The lowest BCUT2D eigenvalue weighted by atomic mass is 10.2. The molecule has 0 unspecified atom stereocenters. The molecule has 0 fully saturated rings. The van der Waals surface area contributed by atoms with Crippen molar-refractivity contribution in [2.75, 3.05) is 0 Å². The fourth-order valence-corrected chi connectivity index (χ4v) is 1.62. The van der Waals surface area contributed by atoms with Crippen LogP contribution in [0.4, 0.5) is 0 Å². The van der Waals surface area contributed by atoms with Crippen LogP contribution in [0.3, 0.4) is 0 Å². The van der Waals surface area contributed by atoms with Gasteiger partial charge in [-0.05, 0) is 30.4 Å². The summed E-state index contributed by atoms with van der Waals surface area (Å²) in [6.07, 6.45) is 4.22. The van der Waals surface area contributed by atoms with Crippen molar-refractivity contribution in [2.45, 2.75) is 19.3 Å². The first-order chi connectivity index (χ1) is 6.90. The normalized spacial score (nSPS) is 10.6. The molecule has 0 saturated heterocycles. The number of carbonyl (C=O) groups excluding carboxylic acids is 1. The van der Waals surface area contributed by atoms with Crippen LogP contribution in [0.2, 0.25) is 0 Å². The molecular weight excluding hydrogens is 174 g/mol. The summed E-state index contributed by atoms with van der Waals surface area (Å²) in [7, 11) is 0. The highest BCUT2D eigenvalue weighted by Crippen LogP contribution is 2.15. The average molecular weight is 186 g/mol. The van der Waals surface area contributed by atoms with Gasteiger partial charge in [0.2, 0.25) is 0 Å². The summed E-state index contributed by atoms with van der Waals surface area (Å²) in [5.74, 6) is 0. The lowest BCUT2D eigenvalue weighted by Gasteiger charge is -1.91. The van der Waals surface area contributed by atoms with Crippen molar-refractivity contribution in [1.82, 2.24) is 4.98 Å². The van der Waals surface area contributed by atoms with Gasteiger partial charge in [0, 0.05) is 17.6 Å². The van der Waals surface area contributed by atoms with Gasteiger partial charge in [-0.25, -0.2) is 0 Å². The van der Waals surface area contributed by atoms with Crippen LogP contribution in [0.1, 0.15) is 18.5 Å². The fourth-order valence-electron chi connectivity index (χ4n) is 1.62. The number of H-pyrrole nitrogens is 1. The molecule has 14 heavy (non-hydrogen) atoms. The van der Waals surface area contributed by atoms with Crippen molar-refractivity contribution in [3.63, 3.8) is 0 Å². The van der Waals surface area contributed by atoms with Crippen molar-refractivity contribution >= 4 is 17.2 Å². The molecule has 2 rings (SSSR count). The Bertz CT molecular complexity index is 398. The first-order valence-electron chi connectivity index (χ1n) is 4.82. The van der Waals surface area contributed by atoms with E-state index in [1.165, 1.54) is 11.1 Å². The van der Waals surface area contributed by atoms with Crippen molar-refractivity contribution < 1.29 is 4.79 Å². The van der Waals surface area contributed by atoms with Crippen molar-refractivity contribution in [3.8, 4) is 0 Å². The van der Waals surface area contributed by atoms with Gasteiger partial charge in [0.15, 0.2) is 6.29 Å². The van der Waals surface area contributed by atoms with E-state index in [9.17, 15) is 4.79 Å². The van der Waals surface area contributed by atoms with E-state index in [0.717, 1.165) is 18.4 Å². The predicted molar refractivity (Wildman–Crippen MR) is 56.9 cm³/mol. The number of aryl methyl sites for hydroxylation is 1. The van der Waals surface area contributed by atoms with Gasteiger partial charge >= 0.3 is 0 Å². The molecule has 1 aromatic heterocycles.